The molecule has 0 spiro atoms. The van der Waals surface area contributed by atoms with Crippen molar-refractivity contribution in [1.82, 2.24) is 0 Å². The lowest BCUT2D eigenvalue weighted by Crippen LogP contribution is -2.36. The fourth-order valence-electron chi connectivity index (χ4n) is 1.98. The van der Waals surface area contributed by atoms with Crippen LogP contribution in [0.5, 0.6) is 0 Å². The van der Waals surface area contributed by atoms with Crippen LogP contribution in [0.3, 0.4) is 0 Å². The van der Waals surface area contributed by atoms with Crippen LogP contribution in [0.4, 0.5) is 5.69 Å². The number of benzene rings is 2. The topological polar surface area (TPSA) is 54.5 Å². The Morgan fingerprint density at radius 1 is 1.05 bits per heavy atom. The number of carbonyl (C=O) groups is 1. The summed E-state index contributed by atoms with van der Waals surface area (Å²) in [4.78, 5) is 11.9. The summed E-state index contributed by atoms with van der Waals surface area (Å²) < 4.78 is 26.8. The number of nitrogens with zero attached hydrogens (tertiary/aromatic N) is 1. The Kier molecular flexibility index (Phi) is 5.00. The van der Waals surface area contributed by atoms with Crippen molar-refractivity contribution < 1.29 is 13.2 Å². The number of hydrogen-bond acceptors (Lipinski definition) is 3. The Balaban J connectivity index is 2.43. The molecular formula is C15H14INO3S. The fourth-order valence-corrected chi connectivity index (χ4v) is 4.37. The molecule has 0 bridgehead atoms. The summed E-state index contributed by atoms with van der Waals surface area (Å²) >= 11 is 2.02. The molecular weight excluding hydrogens is 401 g/mol. The summed E-state index contributed by atoms with van der Waals surface area (Å²) in [6.07, 6.45) is 0. The zero-order valence-corrected chi connectivity index (χ0v) is 14.3. The van der Waals surface area contributed by atoms with Crippen LogP contribution in [0, 0.1) is 3.57 Å². The normalized spacial score (nSPS) is 11.1. The van der Waals surface area contributed by atoms with Gasteiger partial charge >= 0.3 is 0 Å². The minimum Gasteiger partial charge on any atom is -0.274 e. The summed E-state index contributed by atoms with van der Waals surface area (Å²) in [5.41, 5.74) is 1.04. The molecule has 0 aliphatic rings. The predicted molar refractivity (Wildman–Crippen MR) is 91.4 cm³/mol. The number of amides is 1. The van der Waals surface area contributed by atoms with Crippen molar-refractivity contribution in [3.63, 3.8) is 0 Å². The van der Waals surface area contributed by atoms with E-state index in [1.165, 1.54) is 6.92 Å². The molecule has 0 heterocycles. The molecule has 21 heavy (non-hydrogen) atoms. The van der Waals surface area contributed by atoms with Gasteiger partial charge in [-0.15, -0.1) is 0 Å². The molecule has 0 N–H and O–H groups in total. The van der Waals surface area contributed by atoms with E-state index in [9.17, 15) is 13.2 Å². The van der Waals surface area contributed by atoms with E-state index < -0.39 is 15.9 Å². The second-order valence-corrected chi connectivity index (χ2v) is 7.46. The molecule has 0 fully saturated rings. The van der Waals surface area contributed by atoms with Gasteiger partial charge < -0.3 is 0 Å². The first-order valence-corrected chi connectivity index (χ1v) is 8.92. The van der Waals surface area contributed by atoms with Crippen LogP contribution in [0.25, 0.3) is 0 Å². The average molecular weight is 415 g/mol. The van der Waals surface area contributed by atoms with E-state index in [0.29, 0.717) is 14.8 Å². The number of carbonyl (C=O) groups excluding carboxylic acids is 1. The summed E-state index contributed by atoms with van der Waals surface area (Å²) in [6.45, 7) is 1.26. The third kappa shape index (κ3) is 3.82. The predicted octanol–water partition coefficient (Wildman–Crippen LogP) is 3.17. The quantitative estimate of drug-likeness (QED) is 0.721. The molecule has 0 saturated heterocycles. The molecule has 2 aromatic rings. The maximum atomic E-state index is 12.6. The highest BCUT2D eigenvalue weighted by Crippen LogP contribution is 2.26. The van der Waals surface area contributed by atoms with Crippen molar-refractivity contribution >= 4 is 44.2 Å². The molecule has 6 heteroatoms. The van der Waals surface area contributed by atoms with E-state index in [2.05, 4.69) is 0 Å². The molecule has 4 nitrogen and oxygen atoms in total. The van der Waals surface area contributed by atoms with E-state index in [1.54, 1.807) is 48.5 Å². The van der Waals surface area contributed by atoms with Gasteiger partial charge in [-0.25, -0.2) is 12.7 Å². The Hall–Kier alpha value is -1.41. The van der Waals surface area contributed by atoms with E-state index in [0.717, 1.165) is 4.31 Å². The van der Waals surface area contributed by atoms with Crippen LogP contribution in [-0.4, -0.2) is 14.3 Å². The van der Waals surface area contributed by atoms with Crippen molar-refractivity contribution in [3.05, 3.63) is 63.7 Å². The van der Waals surface area contributed by atoms with Gasteiger partial charge in [-0.05, 0) is 40.3 Å². The van der Waals surface area contributed by atoms with Gasteiger partial charge in [0.2, 0.25) is 15.9 Å². The number of halogens is 1. The third-order valence-corrected chi connectivity index (χ3v) is 5.45. The molecule has 0 radical (unpaired) electrons. The van der Waals surface area contributed by atoms with Gasteiger partial charge in [0.05, 0.1) is 11.4 Å². The Morgan fingerprint density at radius 3 is 2.19 bits per heavy atom. The Bertz CT molecular complexity index is 745. The number of rotatable bonds is 4. The zero-order chi connectivity index (χ0) is 15.5. The molecule has 0 aliphatic heterocycles. The Labute approximate surface area is 138 Å². The van der Waals surface area contributed by atoms with Crippen molar-refractivity contribution in [2.45, 2.75) is 12.7 Å². The largest absolute Gasteiger partial charge is 0.274 e. The molecule has 0 unspecified atom stereocenters. The number of sulfonamides is 1. The molecule has 0 aromatic heterocycles. The molecule has 0 atom stereocenters. The lowest BCUT2D eigenvalue weighted by atomic mass is 10.2. The van der Waals surface area contributed by atoms with Crippen LogP contribution in [0.15, 0.2) is 54.6 Å². The van der Waals surface area contributed by atoms with Crippen LogP contribution in [-0.2, 0) is 20.6 Å². The van der Waals surface area contributed by atoms with E-state index in [4.69, 9.17) is 0 Å². The number of para-hydroxylation sites is 1. The molecule has 0 aliphatic carbocycles. The van der Waals surface area contributed by atoms with Crippen molar-refractivity contribution in [2.75, 3.05) is 4.31 Å². The van der Waals surface area contributed by atoms with E-state index in [1.807, 2.05) is 28.7 Å². The minimum atomic E-state index is -3.77. The highest BCUT2D eigenvalue weighted by molar-refractivity contribution is 14.1. The summed E-state index contributed by atoms with van der Waals surface area (Å²) in [6, 6.07) is 15.7. The number of hydrogen-bond donors (Lipinski definition) is 0. The minimum absolute atomic E-state index is 0.210. The fraction of sp³-hybridized carbons (Fsp3) is 0.133. The van der Waals surface area contributed by atoms with Gasteiger partial charge in [0, 0.05) is 10.5 Å². The average Bonchev–Trinajstić information content (AvgIpc) is 2.41. The summed E-state index contributed by atoms with van der Waals surface area (Å²) in [7, 11) is -3.77. The van der Waals surface area contributed by atoms with Crippen LogP contribution in [0.1, 0.15) is 12.5 Å². The maximum Gasteiger partial charge on any atom is 0.245 e. The van der Waals surface area contributed by atoms with Gasteiger partial charge in [0.25, 0.3) is 0 Å². The van der Waals surface area contributed by atoms with Crippen LogP contribution >= 0.6 is 22.6 Å². The van der Waals surface area contributed by atoms with Crippen LogP contribution < -0.4 is 4.31 Å². The molecule has 1 amide bonds. The van der Waals surface area contributed by atoms with Gasteiger partial charge in [0.1, 0.15) is 0 Å². The van der Waals surface area contributed by atoms with Crippen molar-refractivity contribution in [1.29, 1.82) is 0 Å². The van der Waals surface area contributed by atoms with Crippen molar-refractivity contribution in [2.24, 2.45) is 0 Å². The second kappa shape index (κ2) is 6.57. The SMILES string of the molecule is CC(=O)N(c1ccccc1I)S(=O)(=O)Cc1ccccc1. The van der Waals surface area contributed by atoms with Crippen LogP contribution in [0.2, 0.25) is 0 Å². The monoisotopic (exact) mass is 415 g/mol. The van der Waals surface area contributed by atoms with E-state index in [-0.39, 0.29) is 5.75 Å². The molecule has 2 rings (SSSR count). The number of anilines is 1. The van der Waals surface area contributed by atoms with E-state index >= 15 is 0 Å². The van der Waals surface area contributed by atoms with Gasteiger partial charge in [-0.1, -0.05) is 42.5 Å². The second-order valence-electron chi connectivity index (χ2n) is 4.48. The van der Waals surface area contributed by atoms with Crippen molar-refractivity contribution in [3.8, 4) is 0 Å². The first-order chi connectivity index (χ1) is 9.92. The third-order valence-electron chi connectivity index (χ3n) is 2.83. The van der Waals surface area contributed by atoms with Gasteiger partial charge in [-0.2, -0.15) is 0 Å². The summed E-state index contributed by atoms with van der Waals surface area (Å²) in [5.74, 6) is -0.728. The highest BCUT2D eigenvalue weighted by atomic mass is 127. The van der Waals surface area contributed by atoms with Gasteiger partial charge in [0.15, 0.2) is 0 Å². The lowest BCUT2D eigenvalue weighted by Gasteiger charge is -2.22. The highest BCUT2D eigenvalue weighted by Gasteiger charge is 2.28. The molecule has 2 aromatic carbocycles. The lowest BCUT2D eigenvalue weighted by molar-refractivity contribution is -0.115. The van der Waals surface area contributed by atoms with Gasteiger partial charge in [-0.3, -0.25) is 4.79 Å². The first-order valence-electron chi connectivity index (χ1n) is 6.24. The smallest absolute Gasteiger partial charge is 0.245 e. The standard InChI is InChI=1S/C15H14INO3S/c1-12(18)17(15-10-6-5-9-14(15)16)21(19,20)11-13-7-3-2-4-8-13/h2-10H,11H2,1H3. The molecule has 110 valence electrons. The maximum absolute atomic E-state index is 12.6. The summed E-state index contributed by atoms with van der Waals surface area (Å²) in [5, 5.41) is 0. The Morgan fingerprint density at radius 2 is 1.62 bits per heavy atom. The zero-order valence-electron chi connectivity index (χ0n) is 11.4. The molecule has 0 saturated carbocycles. The first kappa shape index (κ1) is 16.0.